The fourth-order valence-electron chi connectivity index (χ4n) is 6.69. The van der Waals surface area contributed by atoms with Crippen LogP contribution in [-0.4, -0.2) is 9.97 Å². The van der Waals surface area contributed by atoms with Crippen molar-refractivity contribution in [1.29, 1.82) is 5.26 Å². The molecular weight excluding hydrogens is 522 g/mol. The Morgan fingerprint density at radius 3 is 1.70 bits per heavy atom. The largest absolute Gasteiger partial charge is 0.254 e. The molecule has 0 bridgehead atoms. The first-order valence-electron chi connectivity index (χ1n) is 14.5. The van der Waals surface area contributed by atoms with Crippen LogP contribution >= 0.6 is 0 Å². The molecule has 0 unspecified atom stereocenters. The second-order valence-corrected chi connectivity index (χ2v) is 11.8. The highest BCUT2D eigenvalue weighted by atomic mass is 14.7. The van der Waals surface area contributed by atoms with E-state index in [9.17, 15) is 5.26 Å². The molecule has 3 nitrogen and oxygen atoms in total. The molecule has 43 heavy (non-hydrogen) atoms. The van der Waals surface area contributed by atoms with Crippen LogP contribution in [0, 0.1) is 11.3 Å². The number of rotatable bonds is 3. The summed E-state index contributed by atoms with van der Waals surface area (Å²) in [6.07, 6.45) is 3.67. The Balaban J connectivity index is 1.16. The van der Waals surface area contributed by atoms with Gasteiger partial charge >= 0.3 is 0 Å². The third-order valence-corrected chi connectivity index (χ3v) is 9.01. The minimum absolute atomic E-state index is 0.131. The molecule has 1 aliphatic rings. The molecule has 1 aliphatic carbocycles. The van der Waals surface area contributed by atoms with Crippen molar-refractivity contribution in [3.63, 3.8) is 0 Å². The summed E-state index contributed by atoms with van der Waals surface area (Å²) in [5.41, 5.74) is 14.7. The van der Waals surface area contributed by atoms with Gasteiger partial charge in [0.25, 0.3) is 0 Å². The van der Waals surface area contributed by atoms with E-state index in [0.717, 1.165) is 32.9 Å². The van der Waals surface area contributed by atoms with E-state index in [-0.39, 0.29) is 5.41 Å². The number of benzene rings is 5. The molecule has 3 heteroatoms. The summed E-state index contributed by atoms with van der Waals surface area (Å²) in [4.78, 5) is 9.29. The van der Waals surface area contributed by atoms with E-state index in [1.165, 1.54) is 44.5 Å². The third-order valence-electron chi connectivity index (χ3n) is 9.01. The fraction of sp³-hybridized carbons (Fsp3) is 0.0750. The molecule has 0 radical (unpaired) electrons. The number of fused-ring (bicyclic) bond motifs is 6. The van der Waals surface area contributed by atoms with E-state index in [4.69, 9.17) is 0 Å². The van der Waals surface area contributed by atoms with Gasteiger partial charge in [-0.05, 0) is 98.1 Å². The molecule has 0 N–H and O–H groups in total. The maximum absolute atomic E-state index is 9.18. The minimum Gasteiger partial charge on any atom is -0.254 e. The summed E-state index contributed by atoms with van der Waals surface area (Å²) in [5.74, 6) is 0. The second-order valence-electron chi connectivity index (χ2n) is 11.8. The summed E-state index contributed by atoms with van der Waals surface area (Å²) in [7, 11) is 0. The maximum Gasteiger partial charge on any atom is 0.0991 e. The molecule has 0 saturated heterocycles. The summed E-state index contributed by atoms with van der Waals surface area (Å²) >= 11 is 0. The Labute approximate surface area is 250 Å². The van der Waals surface area contributed by atoms with Crippen molar-refractivity contribution >= 4 is 21.8 Å². The lowest BCUT2D eigenvalue weighted by molar-refractivity contribution is 0.661. The van der Waals surface area contributed by atoms with Crippen molar-refractivity contribution in [3.8, 4) is 50.6 Å². The lowest BCUT2D eigenvalue weighted by atomic mass is 9.81. The Kier molecular flexibility index (Phi) is 5.54. The van der Waals surface area contributed by atoms with E-state index < -0.39 is 0 Å². The zero-order chi connectivity index (χ0) is 29.1. The van der Waals surface area contributed by atoms with Crippen LogP contribution in [0.25, 0.3) is 66.3 Å². The van der Waals surface area contributed by atoms with Crippen molar-refractivity contribution in [3.05, 3.63) is 144 Å². The highest BCUT2D eigenvalue weighted by molar-refractivity contribution is 6.10. The van der Waals surface area contributed by atoms with Crippen molar-refractivity contribution in [2.24, 2.45) is 0 Å². The summed E-state index contributed by atoms with van der Waals surface area (Å²) < 4.78 is 0. The predicted octanol–water partition coefficient (Wildman–Crippen LogP) is 9.96. The van der Waals surface area contributed by atoms with Gasteiger partial charge in [-0.1, -0.05) is 86.6 Å². The van der Waals surface area contributed by atoms with Gasteiger partial charge in [0.1, 0.15) is 0 Å². The molecule has 2 aromatic heterocycles. The van der Waals surface area contributed by atoms with Gasteiger partial charge in [-0.2, -0.15) is 5.26 Å². The number of nitrogens with zero attached hydrogens (tertiary/aromatic N) is 3. The molecule has 2 heterocycles. The molecule has 0 amide bonds. The predicted molar refractivity (Wildman–Crippen MR) is 176 cm³/mol. The summed E-state index contributed by atoms with van der Waals surface area (Å²) in [6.45, 7) is 4.64. The molecule has 0 saturated carbocycles. The zero-order valence-electron chi connectivity index (χ0n) is 24.0. The molecular formula is C40H27N3. The Bertz CT molecular complexity index is 2250. The van der Waals surface area contributed by atoms with Crippen molar-refractivity contribution in [2.45, 2.75) is 19.3 Å². The topological polar surface area (TPSA) is 49.6 Å². The van der Waals surface area contributed by atoms with Crippen LogP contribution in [0.15, 0.2) is 128 Å². The second kappa shape index (κ2) is 9.48. The maximum atomic E-state index is 9.18. The molecule has 0 spiro atoms. The summed E-state index contributed by atoms with van der Waals surface area (Å²) in [5, 5.41) is 11.4. The van der Waals surface area contributed by atoms with E-state index in [2.05, 4.69) is 109 Å². The van der Waals surface area contributed by atoms with Crippen LogP contribution in [0.3, 0.4) is 0 Å². The molecule has 7 aromatic rings. The van der Waals surface area contributed by atoms with E-state index in [1.54, 1.807) is 0 Å². The minimum atomic E-state index is -0.131. The first-order chi connectivity index (χ1) is 21.0. The van der Waals surface area contributed by atoms with E-state index in [0.29, 0.717) is 5.56 Å². The number of pyridine rings is 2. The van der Waals surface area contributed by atoms with Crippen LogP contribution < -0.4 is 0 Å². The Morgan fingerprint density at radius 1 is 0.535 bits per heavy atom. The van der Waals surface area contributed by atoms with E-state index >= 15 is 0 Å². The van der Waals surface area contributed by atoms with Crippen molar-refractivity contribution in [2.75, 3.05) is 0 Å². The van der Waals surface area contributed by atoms with Gasteiger partial charge in [-0.15, -0.1) is 0 Å². The normalized spacial score (nSPS) is 13.0. The van der Waals surface area contributed by atoms with Gasteiger partial charge in [0.2, 0.25) is 0 Å². The van der Waals surface area contributed by atoms with Crippen molar-refractivity contribution < 1.29 is 0 Å². The van der Waals surface area contributed by atoms with E-state index in [1.807, 2.05) is 48.8 Å². The number of hydrogen-bond acceptors (Lipinski definition) is 3. The highest BCUT2D eigenvalue weighted by Gasteiger charge is 2.35. The molecule has 0 aliphatic heterocycles. The molecule has 0 atom stereocenters. The fourth-order valence-corrected chi connectivity index (χ4v) is 6.69. The molecule has 202 valence electrons. The van der Waals surface area contributed by atoms with Crippen LogP contribution in [0.2, 0.25) is 0 Å². The van der Waals surface area contributed by atoms with Gasteiger partial charge in [0, 0.05) is 28.6 Å². The first kappa shape index (κ1) is 25.1. The van der Waals surface area contributed by atoms with Crippen LogP contribution in [-0.2, 0) is 5.41 Å². The van der Waals surface area contributed by atoms with Gasteiger partial charge in [-0.25, -0.2) is 0 Å². The zero-order valence-corrected chi connectivity index (χ0v) is 24.0. The monoisotopic (exact) mass is 549 g/mol. The molecule has 5 aromatic carbocycles. The van der Waals surface area contributed by atoms with Crippen LogP contribution in [0.4, 0.5) is 0 Å². The third kappa shape index (κ3) is 3.95. The lowest BCUT2D eigenvalue weighted by Crippen LogP contribution is -2.15. The van der Waals surface area contributed by atoms with Gasteiger partial charge in [0.15, 0.2) is 0 Å². The Morgan fingerprint density at radius 2 is 1.07 bits per heavy atom. The van der Waals surface area contributed by atoms with Gasteiger partial charge in [0.05, 0.1) is 22.7 Å². The smallest absolute Gasteiger partial charge is 0.0991 e. The Hall–Kier alpha value is -5.59. The van der Waals surface area contributed by atoms with Gasteiger partial charge in [-0.3, -0.25) is 9.97 Å². The molecule has 0 fully saturated rings. The van der Waals surface area contributed by atoms with Gasteiger partial charge < -0.3 is 0 Å². The van der Waals surface area contributed by atoms with Crippen LogP contribution in [0.1, 0.15) is 30.5 Å². The number of nitriles is 1. The number of aromatic nitrogens is 2. The standard InChI is InChI=1S/C40H27N3/c1-40(2)36-22-29(26-9-7-25(24-41)8-10-26)15-17-32(36)33-18-16-30(23-37(33)40)27-11-13-28(14-12-27)35-21-31-5-3-19-42-38(31)39-34(35)6-4-20-43-39/h3-23H,1-2H3. The lowest BCUT2D eigenvalue weighted by Gasteiger charge is -2.22. The molecule has 8 rings (SSSR count). The summed E-state index contributed by atoms with van der Waals surface area (Å²) in [6, 6.07) is 43.0. The highest BCUT2D eigenvalue weighted by Crippen LogP contribution is 2.50. The SMILES string of the molecule is CC1(C)c2cc(-c3ccc(C#N)cc3)ccc2-c2ccc(-c3ccc(-c4cc5cccnc5c5ncccc45)cc3)cc21. The number of hydrogen-bond donors (Lipinski definition) is 0. The van der Waals surface area contributed by atoms with Crippen molar-refractivity contribution in [1.82, 2.24) is 9.97 Å². The first-order valence-corrected chi connectivity index (χ1v) is 14.5. The average Bonchev–Trinajstić information content (AvgIpc) is 3.29. The quantitative estimate of drug-likeness (QED) is 0.206. The van der Waals surface area contributed by atoms with Crippen LogP contribution in [0.5, 0.6) is 0 Å². The average molecular weight is 550 g/mol.